The third-order valence-electron chi connectivity index (χ3n) is 3.00. The number of Topliss-reactive ketones (excluding diaryl/α,β-unsaturated/α-hetero) is 1. The highest BCUT2D eigenvalue weighted by Gasteiger charge is 2.36. The molecule has 0 amide bonds. The maximum absolute atomic E-state index is 13.0. The quantitative estimate of drug-likeness (QED) is 0.861. The number of carbonyl (C=O) groups excluding carboxylic acids is 1. The van der Waals surface area contributed by atoms with Crippen LogP contribution in [0.3, 0.4) is 0 Å². The molecule has 0 unspecified atom stereocenters. The molecule has 2 rings (SSSR count). The minimum atomic E-state index is -4.76. The van der Waals surface area contributed by atoms with Crippen molar-refractivity contribution in [2.75, 3.05) is 0 Å². The molecule has 0 aliphatic rings. The highest BCUT2D eigenvalue weighted by Crippen LogP contribution is 2.39. The van der Waals surface area contributed by atoms with Gasteiger partial charge in [-0.25, -0.2) is 0 Å². The zero-order valence-electron chi connectivity index (χ0n) is 11.6. The van der Waals surface area contributed by atoms with Gasteiger partial charge >= 0.3 is 6.18 Å². The van der Waals surface area contributed by atoms with Crippen LogP contribution in [0.15, 0.2) is 42.5 Å². The van der Waals surface area contributed by atoms with Crippen molar-refractivity contribution < 1.29 is 27.8 Å². The van der Waals surface area contributed by atoms with Crippen molar-refractivity contribution in [2.24, 2.45) is 0 Å². The first kappa shape index (κ1) is 15.9. The molecule has 2 aromatic rings. The number of hydrogen-bond donors (Lipinski definition) is 1. The number of halogens is 3. The van der Waals surface area contributed by atoms with Crippen molar-refractivity contribution in [3.8, 4) is 11.5 Å². The van der Waals surface area contributed by atoms with Gasteiger partial charge in [0.1, 0.15) is 18.1 Å². The lowest BCUT2D eigenvalue weighted by atomic mass is 10.0. The first-order chi connectivity index (χ1) is 10.3. The Bertz CT molecular complexity index is 679. The Balaban J connectivity index is 2.34. The topological polar surface area (TPSA) is 46.5 Å². The fourth-order valence-corrected chi connectivity index (χ4v) is 2.02. The van der Waals surface area contributed by atoms with Crippen LogP contribution >= 0.6 is 0 Å². The Morgan fingerprint density at radius 3 is 2.36 bits per heavy atom. The van der Waals surface area contributed by atoms with E-state index in [-0.39, 0.29) is 12.4 Å². The predicted octanol–water partition coefficient (Wildman–Crippen LogP) is 4.19. The first-order valence-electron chi connectivity index (χ1n) is 6.41. The summed E-state index contributed by atoms with van der Waals surface area (Å²) in [6.45, 7) is 1.02. The standard InChI is InChI=1S/C16H13F3O3/c1-10(20)15-13(16(17,18)19)7-12(8-14(15)21)22-9-11-5-3-2-4-6-11/h2-8,21H,9H2,1H3. The van der Waals surface area contributed by atoms with E-state index in [9.17, 15) is 23.1 Å². The summed E-state index contributed by atoms with van der Waals surface area (Å²) in [5, 5.41) is 9.70. The fraction of sp³-hybridized carbons (Fsp3) is 0.188. The Kier molecular flexibility index (Phi) is 4.40. The Morgan fingerprint density at radius 1 is 1.18 bits per heavy atom. The SMILES string of the molecule is CC(=O)c1c(O)cc(OCc2ccccc2)cc1C(F)(F)F. The van der Waals surface area contributed by atoms with Crippen molar-refractivity contribution in [2.45, 2.75) is 19.7 Å². The average molecular weight is 310 g/mol. The number of alkyl halides is 3. The molecular weight excluding hydrogens is 297 g/mol. The normalized spacial score (nSPS) is 11.3. The molecule has 2 aromatic carbocycles. The van der Waals surface area contributed by atoms with E-state index >= 15 is 0 Å². The third-order valence-corrected chi connectivity index (χ3v) is 3.00. The first-order valence-corrected chi connectivity index (χ1v) is 6.41. The molecule has 116 valence electrons. The van der Waals surface area contributed by atoms with Gasteiger partial charge in [-0.3, -0.25) is 4.79 Å². The van der Waals surface area contributed by atoms with Gasteiger partial charge in [-0.15, -0.1) is 0 Å². The van der Waals surface area contributed by atoms with E-state index in [1.54, 1.807) is 30.3 Å². The van der Waals surface area contributed by atoms with E-state index in [2.05, 4.69) is 0 Å². The van der Waals surface area contributed by atoms with Crippen molar-refractivity contribution in [3.05, 3.63) is 59.2 Å². The molecule has 0 spiro atoms. The van der Waals surface area contributed by atoms with Crippen LogP contribution in [0.4, 0.5) is 13.2 Å². The molecule has 0 bridgehead atoms. The molecule has 0 fully saturated rings. The minimum Gasteiger partial charge on any atom is -0.507 e. The van der Waals surface area contributed by atoms with E-state index in [1.807, 2.05) is 0 Å². The summed E-state index contributed by atoms with van der Waals surface area (Å²) in [7, 11) is 0. The van der Waals surface area contributed by atoms with E-state index < -0.39 is 28.8 Å². The second-order valence-electron chi connectivity index (χ2n) is 4.69. The van der Waals surface area contributed by atoms with E-state index in [0.717, 1.165) is 24.6 Å². The lowest BCUT2D eigenvalue weighted by molar-refractivity contribution is -0.138. The molecular formula is C16H13F3O3. The number of carbonyl (C=O) groups is 1. The molecule has 0 aromatic heterocycles. The number of rotatable bonds is 4. The van der Waals surface area contributed by atoms with Crippen molar-refractivity contribution in [3.63, 3.8) is 0 Å². The predicted molar refractivity (Wildman–Crippen MR) is 73.9 cm³/mol. The molecule has 0 atom stereocenters. The van der Waals surface area contributed by atoms with Gasteiger partial charge in [0.2, 0.25) is 0 Å². The Hall–Kier alpha value is -2.50. The van der Waals surface area contributed by atoms with Crippen molar-refractivity contribution >= 4 is 5.78 Å². The van der Waals surface area contributed by atoms with Gasteiger partial charge in [0.15, 0.2) is 5.78 Å². The van der Waals surface area contributed by atoms with Crippen LogP contribution in [0.5, 0.6) is 11.5 Å². The second-order valence-corrected chi connectivity index (χ2v) is 4.69. The zero-order valence-corrected chi connectivity index (χ0v) is 11.6. The van der Waals surface area contributed by atoms with Crippen LogP contribution in [-0.2, 0) is 12.8 Å². The summed E-state index contributed by atoms with van der Waals surface area (Å²) >= 11 is 0. The number of benzene rings is 2. The van der Waals surface area contributed by atoms with Gasteiger partial charge in [0.25, 0.3) is 0 Å². The van der Waals surface area contributed by atoms with E-state index in [0.29, 0.717) is 0 Å². The summed E-state index contributed by atoms with van der Waals surface area (Å²) in [5.74, 6) is -1.76. The van der Waals surface area contributed by atoms with Gasteiger partial charge < -0.3 is 9.84 Å². The number of ether oxygens (including phenoxy) is 1. The fourth-order valence-electron chi connectivity index (χ4n) is 2.02. The highest BCUT2D eigenvalue weighted by molar-refractivity contribution is 5.98. The summed E-state index contributed by atoms with van der Waals surface area (Å²) in [6.07, 6.45) is -4.76. The number of hydrogen-bond acceptors (Lipinski definition) is 3. The van der Waals surface area contributed by atoms with Gasteiger partial charge in [-0.05, 0) is 18.6 Å². The second kappa shape index (κ2) is 6.09. The largest absolute Gasteiger partial charge is 0.507 e. The van der Waals surface area contributed by atoms with Crippen LogP contribution in [-0.4, -0.2) is 10.9 Å². The van der Waals surface area contributed by atoms with Gasteiger partial charge in [-0.2, -0.15) is 13.2 Å². The van der Waals surface area contributed by atoms with Crippen LogP contribution in [0.2, 0.25) is 0 Å². The molecule has 0 saturated heterocycles. The molecule has 0 radical (unpaired) electrons. The molecule has 0 saturated carbocycles. The van der Waals surface area contributed by atoms with Gasteiger partial charge in [0, 0.05) is 6.07 Å². The summed E-state index contributed by atoms with van der Waals surface area (Å²) in [5.41, 5.74) is -1.19. The maximum atomic E-state index is 13.0. The molecule has 1 N–H and O–H groups in total. The molecule has 3 nitrogen and oxygen atoms in total. The summed E-state index contributed by atoms with van der Waals surface area (Å²) < 4.78 is 44.3. The van der Waals surface area contributed by atoms with E-state index in [1.165, 1.54) is 0 Å². The molecule has 6 heteroatoms. The van der Waals surface area contributed by atoms with Crippen LogP contribution in [0.25, 0.3) is 0 Å². The minimum absolute atomic E-state index is 0.0526. The molecule has 0 aliphatic carbocycles. The van der Waals surface area contributed by atoms with Crippen LogP contribution in [0.1, 0.15) is 28.4 Å². The molecule has 0 heterocycles. The average Bonchev–Trinajstić information content (AvgIpc) is 2.44. The lowest BCUT2D eigenvalue weighted by Gasteiger charge is -2.15. The van der Waals surface area contributed by atoms with Gasteiger partial charge in [0.05, 0.1) is 11.1 Å². The Labute approximate surface area is 125 Å². The highest BCUT2D eigenvalue weighted by atomic mass is 19.4. The van der Waals surface area contributed by atoms with E-state index in [4.69, 9.17) is 4.74 Å². The monoisotopic (exact) mass is 310 g/mol. The summed E-state index contributed by atoms with van der Waals surface area (Å²) in [4.78, 5) is 11.3. The third kappa shape index (κ3) is 3.58. The number of phenols is 1. The van der Waals surface area contributed by atoms with Gasteiger partial charge in [-0.1, -0.05) is 30.3 Å². The maximum Gasteiger partial charge on any atom is 0.417 e. The van der Waals surface area contributed by atoms with Crippen molar-refractivity contribution in [1.82, 2.24) is 0 Å². The van der Waals surface area contributed by atoms with Crippen LogP contribution in [0, 0.1) is 0 Å². The number of phenolic OH excluding ortho intramolecular Hbond substituents is 1. The van der Waals surface area contributed by atoms with Crippen LogP contribution < -0.4 is 4.74 Å². The number of ketones is 1. The Morgan fingerprint density at radius 2 is 1.82 bits per heavy atom. The number of aromatic hydroxyl groups is 1. The molecule has 22 heavy (non-hydrogen) atoms. The smallest absolute Gasteiger partial charge is 0.417 e. The van der Waals surface area contributed by atoms with Crippen molar-refractivity contribution in [1.29, 1.82) is 0 Å². The lowest BCUT2D eigenvalue weighted by Crippen LogP contribution is -2.12. The molecule has 0 aliphatic heterocycles. The zero-order chi connectivity index (χ0) is 16.3. The summed E-state index contributed by atoms with van der Waals surface area (Å²) in [6, 6.07) is 10.6.